The number of carbonyl (C=O) groups is 1. The van der Waals surface area contributed by atoms with Gasteiger partial charge in [-0.3, -0.25) is 9.69 Å². The molecule has 0 spiro atoms. The lowest BCUT2D eigenvalue weighted by atomic mass is 10.2. The number of hydrogen-bond acceptors (Lipinski definition) is 4. The van der Waals surface area contributed by atoms with Crippen LogP contribution in [0.5, 0.6) is 0 Å². The van der Waals surface area contributed by atoms with Gasteiger partial charge in [0.25, 0.3) is 0 Å². The number of carbonyl (C=O) groups excluding carboxylic acids is 1. The van der Waals surface area contributed by atoms with Gasteiger partial charge in [0.2, 0.25) is 5.91 Å². The van der Waals surface area contributed by atoms with Gasteiger partial charge >= 0.3 is 0 Å². The number of rotatable bonds is 5. The van der Waals surface area contributed by atoms with Gasteiger partial charge in [-0.1, -0.05) is 30.3 Å². The molecule has 5 nitrogen and oxygen atoms in total. The highest BCUT2D eigenvalue weighted by atomic mass is 16.7. The molecule has 1 amide bonds. The standard InChI is InChI=1S/C18H26N2O3/c1-14-10-16(13-20(14)12-15-6-3-2-4-7-15)19-17(21)11-18-22-8-5-9-23-18/h2-4,6-7,14,16,18H,5,8-13H2,1H3,(H,19,21). The summed E-state index contributed by atoms with van der Waals surface area (Å²) < 4.78 is 10.9. The van der Waals surface area contributed by atoms with Crippen molar-refractivity contribution in [3.05, 3.63) is 35.9 Å². The van der Waals surface area contributed by atoms with Gasteiger partial charge in [-0.05, 0) is 25.3 Å². The third-order valence-electron chi connectivity index (χ3n) is 4.55. The number of benzene rings is 1. The Bertz CT molecular complexity index is 502. The Labute approximate surface area is 137 Å². The molecule has 23 heavy (non-hydrogen) atoms. The molecule has 2 saturated heterocycles. The fraction of sp³-hybridized carbons (Fsp3) is 0.611. The van der Waals surface area contributed by atoms with Crippen LogP contribution in [0, 0.1) is 0 Å². The van der Waals surface area contributed by atoms with Gasteiger partial charge in [0.05, 0.1) is 19.6 Å². The minimum Gasteiger partial charge on any atom is -0.352 e. The molecule has 3 rings (SSSR count). The predicted octanol–water partition coefficient (Wildman–Crippen LogP) is 1.92. The molecule has 1 N–H and O–H groups in total. The molecule has 5 heteroatoms. The summed E-state index contributed by atoms with van der Waals surface area (Å²) in [7, 11) is 0. The molecule has 2 aliphatic heterocycles. The second-order valence-corrected chi connectivity index (χ2v) is 6.49. The van der Waals surface area contributed by atoms with E-state index < -0.39 is 0 Å². The molecule has 2 unspecified atom stereocenters. The van der Waals surface area contributed by atoms with Crippen LogP contribution in [-0.2, 0) is 20.8 Å². The first-order valence-electron chi connectivity index (χ1n) is 8.51. The van der Waals surface area contributed by atoms with Crippen LogP contribution in [0.2, 0.25) is 0 Å². The van der Waals surface area contributed by atoms with Crippen molar-refractivity contribution in [2.24, 2.45) is 0 Å². The van der Waals surface area contributed by atoms with Crippen molar-refractivity contribution < 1.29 is 14.3 Å². The van der Waals surface area contributed by atoms with Gasteiger partial charge < -0.3 is 14.8 Å². The molecule has 0 saturated carbocycles. The van der Waals surface area contributed by atoms with Crippen LogP contribution in [0.1, 0.15) is 31.7 Å². The van der Waals surface area contributed by atoms with E-state index in [2.05, 4.69) is 41.4 Å². The molecule has 0 radical (unpaired) electrons. The lowest BCUT2D eigenvalue weighted by molar-refractivity contribution is -0.184. The minimum atomic E-state index is -0.372. The number of amides is 1. The number of ether oxygens (including phenoxy) is 2. The molecule has 0 aliphatic carbocycles. The van der Waals surface area contributed by atoms with Crippen molar-refractivity contribution in [3.63, 3.8) is 0 Å². The summed E-state index contributed by atoms with van der Waals surface area (Å²) in [6.07, 6.45) is 1.82. The van der Waals surface area contributed by atoms with Gasteiger partial charge in [0.15, 0.2) is 6.29 Å². The molecule has 1 aromatic carbocycles. The third kappa shape index (κ3) is 4.77. The van der Waals surface area contributed by atoms with Crippen molar-refractivity contribution >= 4 is 5.91 Å². The highest BCUT2D eigenvalue weighted by molar-refractivity contribution is 5.76. The molecular weight excluding hydrogens is 292 g/mol. The van der Waals surface area contributed by atoms with E-state index in [4.69, 9.17) is 9.47 Å². The van der Waals surface area contributed by atoms with Crippen molar-refractivity contribution in [1.82, 2.24) is 10.2 Å². The fourth-order valence-corrected chi connectivity index (χ4v) is 3.33. The monoisotopic (exact) mass is 318 g/mol. The second-order valence-electron chi connectivity index (χ2n) is 6.49. The van der Waals surface area contributed by atoms with E-state index in [0.29, 0.717) is 25.7 Å². The lowest BCUT2D eigenvalue weighted by Crippen LogP contribution is -2.40. The first-order chi connectivity index (χ1) is 11.2. The zero-order chi connectivity index (χ0) is 16.1. The lowest BCUT2D eigenvalue weighted by Gasteiger charge is -2.23. The molecule has 1 aromatic rings. The van der Waals surface area contributed by atoms with E-state index in [9.17, 15) is 4.79 Å². The SMILES string of the molecule is CC1CC(NC(=O)CC2OCCCO2)CN1Cc1ccccc1. The van der Waals surface area contributed by atoms with Crippen molar-refractivity contribution in [3.8, 4) is 0 Å². The van der Waals surface area contributed by atoms with Gasteiger partial charge in [-0.2, -0.15) is 0 Å². The normalized spacial score (nSPS) is 26.3. The predicted molar refractivity (Wildman–Crippen MR) is 87.8 cm³/mol. The average Bonchev–Trinajstić information content (AvgIpc) is 2.88. The van der Waals surface area contributed by atoms with Crippen molar-refractivity contribution in [2.45, 2.75) is 51.1 Å². The van der Waals surface area contributed by atoms with Gasteiger partial charge in [-0.15, -0.1) is 0 Å². The quantitative estimate of drug-likeness (QED) is 0.901. The summed E-state index contributed by atoms with van der Waals surface area (Å²) in [6.45, 7) is 5.42. The van der Waals surface area contributed by atoms with E-state index in [1.165, 1.54) is 5.56 Å². The summed E-state index contributed by atoms with van der Waals surface area (Å²) >= 11 is 0. The van der Waals surface area contributed by atoms with Crippen molar-refractivity contribution in [1.29, 1.82) is 0 Å². The summed E-state index contributed by atoms with van der Waals surface area (Å²) in [5.74, 6) is 0.0238. The topological polar surface area (TPSA) is 50.8 Å². The van der Waals surface area contributed by atoms with E-state index in [1.807, 2.05) is 6.07 Å². The van der Waals surface area contributed by atoms with Crippen LogP contribution >= 0.6 is 0 Å². The maximum atomic E-state index is 12.1. The first-order valence-corrected chi connectivity index (χ1v) is 8.51. The molecule has 126 valence electrons. The van der Waals surface area contributed by atoms with Crippen LogP contribution in [0.3, 0.4) is 0 Å². The molecule has 2 fully saturated rings. The van der Waals surface area contributed by atoms with Gasteiger partial charge in [-0.25, -0.2) is 0 Å². The van der Waals surface area contributed by atoms with Crippen LogP contribution in [-0.4, -0.2) is 48.9 Å². The average molecular weight is 318 g/mol. The number of hydrogen-bond donors (Lipinski definition) is 1. The third-order valence-corrected chi connectivity index (χ3v) is 4.55. The van der Waals surface area contributed by atoms with E-state index in [0.717, 1.165) is 25.9 Å². The summed E-state index contributed by atoms with van der Waals surface area (Å²) in [6, 6.07) is 11.2. The maximum Gasteiger partial charge on any atom is 0.225 e. The maximum absolute atomic E-state index is 12.1. The summed E-state index contributed by atoms with van der Waals surface area (Å²) in [5, 5.41) is 3.13. The smallest absolute Gasteiger partial charge is 0.225 e. The highest BCUT2D eigenvalue weighted by Crippen LogP contribution is 2.20. The first kappa shape index (κ1) is 16.4. The molecular formula is C18H26N2O3. The highest BCUT2D eigenvalue weighted by Gasteiger charge is 2.30. The van der Waals surface area contributed by atoms with Crippen LogP contribution < -0.4 is 5.32 Å². The Balaban J connectivity index is 1.45. The van der Waals surface area contributed by atoms with Crippen LogP contribution in [0.4, 0.5) is 0 Å². The van der Waals surface area contributed by atoms with Gasteiger partial charge in [0, 0.05) is 25.2 Å². The summed E-state index contributed by atoms with van der Waals surface area (Å²) in [4.78, 5) is 14.6. The molecule has 2 atom stereocenters. The van der Waals surface area contributed by atoms with Crippen LogP contribution in [0.25, 0.3) is 0 Å². The van der Waals surface area contributed by atoms with E-state index in [-0.39, 0.29) is 18.2 Å². The zero-order valence-electron chi connectivity index (χ0n) is 13.7. The largest absolute Gasteiger partial charge is 0.352 e. The molecule has 2 heterocycles. The Kier molecular flexibility index (Phi) is 5.65. The Morgan fingerprint density at radius 2 is 2.00 bits per heavy atom. The zero-order valence-corrected chi connectivity index (χ0v) is 13.7. The Morgan fingerprint density at radius 1 is 1.26 bits per heavy atom. The van der Waals surface area contributed by atoms with Gasteiger partial charge in [0.1, 0.15) is 0 Å². The Hall–Kier alpha value is -1.43. The fourth-order valence-electron chi connectivity index (χ4n) is 3.33. The summed E-state index contributed by atoms with van der Waals surface area (Å²) in [5.41, 5.74) is 1.32. The second kappa shape index (κ2) is 7.90. The minimum absolute atomic E-state index is 0.0238. The van der Waals surface area contributed by atoms with E-state index >= 15 is 0 Å². The molecule has 0 bridgehead atoms. The Morgan fingerprint density at radius 3 is 2.74 bits per heavy atom. The number of nitrogens with zero attached hydrogens (tertiary/aromatic N) is 1. The van der Waals surface area contributed by atoms with Crippen LogP contribution in [0.15, 0.2) is 30.3 Å². The number of likely N-dealkylation sites (tertiary alicyclic amines) is 1. The van der Waals surface area contributed by atoms with Crippen molar-refractivity contribution in [2.75, 3.05) is 19.8 Å². The van der Waals surface area contributed by atoms with E-state index in [1.54, 1.807) is 0 Å². The molecule has 2 aliphatic rings. The molecule has 0 aromatic heterocycles. The number of nitrogens with one attached hydrogen (secondary N) is 1.